The largest absolute Gasteiger partial charge is 0.308 e. The Morgan fingerprint density at radius 3 is 2.29 bits per heavy atom. The van der Waals surface area contributed by atoms with E-state index in [1.165, 1.54) is 16.7 Å². The number of benzene rings is 1. The van der Waals surface area contributed by atoms with Gasteiger partial charge in [0, 0.05) is 10.5 Å². The highest BCUT2D eigenvalue weighted by molar-refractivity contribution is 9.10. The summed E-state index contributed by atoms with van der Waals surface area (Å²) in [7, 11) is 1.95. The van der Waals surface area contributed by atoms with Crippen LogP contribution in [0.25, 0.3) is 0 Å². The van der Waals surface area contributed by atoms with Gasteiger partial charge in [0.25, 0.3) is 0 Å². The molecule has 1 aromatic heterocycles. The minimum Gasteiger partial charge on any atom is -0.308 e. The molecule has 0 saturated heterocycles. The van der Waals surface area contributed by atoms with Crippen LogP contribution in [0.15, 0.2) is 22.8 Å². The Hall–Kier alpha value is -0.840. The van der Waals surface area contributed by atoms with Gasteiger partial charge in [-0.25, -0.2) is 0 Å². The van der Waals surface area contributed by atoms with E-state index in [0.29, 0.717) is 5.02 Å². The molecule has 3 nitrogen and oxygen atoms in total. The number of nitrogens with one attached hydrogen (secondary N) is 1. The Labute approximate surface area is 139 Å². The summed E-state index contributed by atoms with van der Waals surface area (Å²) in [4.78, 5) is 0. The Morgan fingerprint density at radius 1 is 1.24 bits per heavy atom. The zero-order valence-corrected chi connectivity index (χ0v) is 15.4. The Balaban J connectivity index is 2.58. The van der Waals surface area contributed by atoms with Crippen molar-refractivity contribution in [3.05, 3.63) is 50.2 Å². The van der Waals surface area contributed by atoms with Crippen molar-refractivity contribution >= 4 is 27.5 Å². The normalized spacial score (nSPS) is 13.0. The maximum absolute atomic E-state index is 6.39. The van der Waals surface area contributed by atoms with Crippen LogP contribution < -0.4 is 5.32 Å². The Kier molecular flexibility index (Phi) is 5.12. The maximum atomic E-state index is 6.39. The fourth-order valence-corrected chi connectivity index (χ4v) is 3.11. The molecule has 21 heavy (non-hydrogen) atoms. The highest BCUT2D eigenvalue weighted by Gasteiger charge is 2.23. The van der Waals surface area contributed by atoms with Gasteiger partial charge in [-0.2, -0.15) is 5.10 Å². The summed E-state index contributed by atoms with van der Waals surface area (Å²) < 4.78 is 3.14. The molecule has 0 amide bonds. The van der Waals surface area contributed by atoms with Gasteiger partial charge in [0.15, 0.2) is 0 Å². The lowest BCUT2D eigenvalue weighted by Gasteiger charge is -2.22. The fourth-order valence-electron chi connectivity index (χ4n) is 2.64. The summed E-state index contributed by atoms with van der Waals surface area (Å²) in [5, 5.41) is 8.47. The van der Waals surface area contributed by atoms with Crippen molar-refractivity contribution < 1.29 is 0 Å². The van der Waals surface area contributed by atoms with E-state index in [1.54, 1.807) is 6.20 Å². The van der Waals surface area contributed by atoms with Gasteiger partial charge in [-0.15, -0.1) is 0 Å². The first-order valence-electron chi connectivity index (χ1n) is 7.03. The second kappa shape index (κ2) is 6.51. The third-order valence-corrected chi connectivity index (χ3v) is 5.17. The smallest absolute Gasteiger partial charge is 0.0837 e. The molecule has 0 radical (unpaired) electrons. The maximum Gasteiger partial charge on any atom is 0.0837 e. The highest BCUT2D eigenvalue weighted by Crippen LogP contribution is 2.33. The van der Waals surface area contributed by atoms with Crippen molar-refractivity contribution in [2.75, 3.05) is 7.05 Å². The molecular formula is C16H21BrClN3. The lowest BCUT2D eigenvalue weighted by molar-refractivity contribution is 0.484. The number of halogens is 2. The monoisotopic (exact) mass is 369 g/mol. The molecule has 5 heteroatoms. The van der Waals surface area contributed by atoms with E-state index in [1.807, 2.05) is 11.7 Å². The highest BCUT2D eigenvalue weighted by atomic mass is 79.9. The average molecular weight is 371 g/mol. The van der Waals surface area contributed by atoms with Gasteiger partial charge in [0.05, 0.1) is 23.0 Å². The standard InChI is InChI=1S/C16H21BrClN3/c1-9(2)21-16(13(18)8-20-21)15(19-5)12-6-10(3)14(17)11(4)7-12/h6-9,15,19H,1-5H3. The molecule has 1 atom stereocenters. The van der Waals surface area contributed by atoms with Gasteiger partial charge in [-0.05, 0) is 51.4 Å². The molecule has 1 unspecified atom stereocenters. The van der Waals surface area contributed by atoms with Crippen LogP contribution in [0.2, 0.25) is 5.02 Å². The van der Waals surface area contributed by atoms with Gasteiger partial charge in [-0.1, -0.05) is 39.7 Å². The molecule has 1 aromatic carbocycles. The Morgan fingerprint density at radius 2 is 1.81 bits per heavy atom. The molecule has 2 rings (SSSR count). The number of nitrogens with zero attached hydrogens (tertiary/aromatic N) is 2. The van der Waals surface area contributed by atoms with Crippen LogP contribution in [-0.4, -0.2) is 16.8 Å². The van der Waals surface area contributed by atoms with Crippen molar-refractivity contribution in [1.82, 2.24) is 15.1 Å². The molecule has 0 saturated carbocycles. The van der Waals surface area contributed by atoms with Gasteiger partial charge in [0.2, 0.25) is 0 Å². The molecule has 0 bridgehead atoms. The third-order valence-electron chi connectivity index (χ3n) is 3.63. The lowest BCUT2D eigenvalue weighted by atomic mass is 9.99. The van der Waals surface area contributed by atoms with Crippen LogP contribution in [0.3, 0.4) is 0 Å². The van der Waals surface area contributed by atoms with E-state index in [0.717, 1.165) is 10.2 Å². The number of aryl methyl sites for hydroxylation is 2. The summed E-state index contributed by atoms with van der Waals surface area (Å²) in [6.07, 6.45) is 1.72. The van der Waals surface area contributed by atoms with E-state index in [9.17, 15) is 0 Å². The van der Waals surface area contributed by atoms with Crippen molar-refractivity contribution in [2.24, 2.45) is 0 Å². The van der Waals surface area contributed by atoms with E-state index >= 15 is 0 Å². The summed E-state index contributed by atoms with van der Waals surface area (Å²) in [6, 6.07) is 4.66. The van der Waals surface area contributed by atoms with Gasteiger partial charge < -0.3 is 5.32 Å². The second-order valence-electron chi connectivity index (χ2n) is 5.61. The molecule has 0 aliphatic heterocycles. The number of hydrogen-bond donors (Lipinski definition) is 1. The van der Waals surface area contributed by atoms with E-state index in [4.69, 9.17) is 11.6 Å². The van der Waals surface area contributed by atoms with Crippen LogP contribution >= 0.6 is 27.5 Å². The SMILES string of the molecule is CNC(c1cc(C)c(Br)c(C)c1)c1c(Cl)cnn1C(C)C. The number of aromatic nitrogens is 2. The predicted molar refractivity (Wildman–Crippen MR) is 92.1 cm³/mol. The molecular weight excluding hydrogens is 350 g/mol. The van der Waals surface area contributed by atoms with Gasteiger partial charge in [0.1, 0.15) is 0 Å². The van der Waals surface area contributed by atoms with Gasteiger partial charge >= 0.3 is 0 Å². The first-order chi connectivity index (χ1) is 9.86. The molecule has 0 fully saturated rings. The van der Waals surface area contributed by atoms with Crippen molar-refractivity contribution in [3.63, 3.8) is 0 Å². The van der Waals surface area contributed by atoms with E-state index < -0.39 is 0 Å². The quantitative estimate of drug-likeness (QED) is 0.837. The topological polar surface area (TPSA) is 29.9 Å². The predicted octanol–water partition coefficient (Wildman–Crippen LogP) is 4.81. The summed E-state index contributed by atoms with van der Waals surface area (Å²) >= 11 is 10.0. The molecule has 2 aromatic rings. The lowest BCUT2D eigenvalue weighted by Crippen LogP contribution is -2.23. The molecule has 0 spiro atoms. The minimum atomic E-state index is 0.0212. The molecule has 1 N–H and O–H groups in total. The second-order valence-corrected chi connectivity index (χ2v) is 6.81. The average Bonchev–Trinajstić information content (AvgIpc) is 2.79. The van der Waals surface area contributed by atoms with Crippen molar-refractivity contribution in [1.29, 1.82) is 0 Å². The van der Waals surface area contributed by atoms with E-state index in [2.05, 4.69) is 66.2 Å². The fraction of sp³-hybridized carbons (Fsp3) is 0.438. The number of rotatable bonds is 4. The minimum absolute atomic E-state index is 0.0212. The third kappa shape index (κ3) is 3.17. The van der Waals surface area contributed by atoms with Crippen LogP contribution in [0.1, 0.15) is 48.3 Å². The van der Waals surface area contributed by atoms with E-state index in [-0.39, 0.29) is 12.1 Å². The number of hydrogen-bond acceptors (Lipinski definition) is 2. The van der Waals surface area contributed by atoms with Crippen LogP contribution in [0.4, 0.5) is 0 Å². The zero-order valence-electron chi connectivity index (χ0n) is 13.0. The van der Waals surface area contributed by atoms with Crippen molar-refractivity contribution in [3.8, 4) is 0 Å². The summed E-state index contributed by atoms with van der Waals surface area (Å²) in [6.45, 7) is 8.43. The summed E-state index contributed by atoms with van der Waals surface area (Å²) in [5.41, 5.74) is 4.64. The molecule has 0 aliphatic rings. The van der Waals surface area contributed by atoms with Crippen molar-refractivity contribution in [2.45, 2.75) is 39.8 Å². The summed E-state index contributed by atoms with van der Waals surface area (Å²) in [5.74, 6) is 0. The molecule has 1 heterocycles. The van der Waals surface area contributed by atoms with Crippen LogP contribution in [0, 0.1) is 13.8 Å². The zero-order chi connectivity index (χ0) is 15.7. The first-order valence-corrected chi connectivity index (χ1v) is 8.20. The van der Waals surface area contributed by atoms with Crippen LogP contribution in [-0.2, 0) is 0 Å². The van der Waals surface area contributed by atoms with Crippen LogP contribution in [0.5, 0.6) is 0 Å². The Bertz CT molecular complexity index is 626. The molecule has 114 valence electrons. The molecule has 0 aliphatic carbocycles. The first kappa shape index (κ1) is 16.5. The van der Waals surface area contributed by atoms with Gasteiger partial charge in [-0.3, -0.25) is 4.68 Å².